The lowest BCUT2D eigenvalue weighted by Crippen LogP contribution is -2.23. The molecule has 2 aromatic rings. The van der Waals surface area contributed by atoms with Crippen molar-refractivity contribution in [3.8, 4) is 0 Å². The highest BCUT2D eigenvalue weighted by atomic mass is 19.1. The molecule has 6 heteroatoms. The summed E-state index contributed by atoms with van der Waals surface area (Å²) in [6.07, 6.45) is 2.09. The van der Waals surface area contributed by atoms with Crippen molar-refractivity contribution in [3.63, 3.8) is 0 Å². The Morgan fingerprint density at radius 1 is 1.12 bits per heavy atom. The van der Waals surface area contributed by atoms with E-state index in [1.165, 1.54) is 6.07 Å². The SMILES string of the molecule is NC(=O)c1ccc(N2CCCC2)c(NC(=O)Cc2ccccc2F)c1. The number of hydrogen-bond acceptors (Lipinski definition) is 3. The number of benzene rings is 2. The summed E-state index contributed by atoms with van der Waals surface area (Å²) in [5, 5.41) is 2.80. The van der Waals surface area contributed by atoms with Gasteiger partial charge in [0.05, 0.1) is 17.8 Å². The average Bonchev–Trinajstić information content (AvgIpc) is 3.11. The van der Waals surface area contributed by atoms with E-state index in [0.29, 0.717) is 16.8 Å². The molecule has 3 N–H and O–H groups in total. The minimum absolute atomic E-state index is 0.0765. The zero-order chi connectivity index (χ0) is 17.8. The van der Waals surface area contributed by atoms with E-state index in [0.717, 1.165) is 31.6 Å². The first kappa shape index (κ1) is 17.0. The van der Waals surface area contributed by atoms with Crippen LogP contribution in [-0.4, -0.2) is 24.9 Å². The monoisotopic (exact) mass is 341 g/mol. The Morgan fingerprint density at radius 2 is 1.84 bits per heavy atom. The number of amides is 2. The number of nitrogens with two attached hydrogens (primary N) is 1. The van der Waals surface area contributed by atoms with Gasteiger partial charge < -0.3 is 16.0 Å². The Balaban J connectivity index is 1.83. The fourth-order valence-corrected chi connectivity index (χ4v) is 3.03. The molecule has 1 aliphatic heterocycles. The molecule has 2 aromatic carbocycles. The number of carbonyl (C=O) groups is 2. The van der Waals surface area contributed by atoms with Crippen molar-refractivity contribution >= 4 is 23.2 Å². The number of primary amides is 1. The first-order valence-electron chi connectivity index (χ1n) is 8.26. The van der Waals surface area contributed by atoms with Gasteiger partial charge in [-0.25, -0.2) is 4.39 Å². The van der Waals surface area contributed by atoms with Crippen LogP contribution in [0.15, 0.2) is 42.5 Å². The lowest BCUT2D eigenvalue weighted by molar-refractivity contribution is -0.115. The molecular weight excluding hydrogens is 321 g/mol. The largest absolute Gasteiger partial charge is 0.370 e. The summed E-state index contributed by atoms with van der Waals surface area (Å²) in [6, 6.07) is 11.2. The van der Waals surface area contributed by atoms with Crippen molar-refractivity contribution in [3.05, 3.63) is 59.4 Å². The molecule has 2 amide bonds. The summed E-state index contributed by atoms with van der Waals surface area (Å²) >= 11 is 0. The second-order valence-electron chi connectivity index (χ2n) is 6.11. The molecule has 1 fully saturated rings. The van der Waals surface area contributed by atoms with Gasteiger partial charge in [-0.2, -0.15) is 0 Å². The normalized spacial score (nSPS) is 13.7. The van der Waals surface area contributed by atoms with Gasteiger partial charge in [-0.05, 0) is 42.7 Å². The van der Waals surface area contributed by atoms with Gasteiger partial charge in [0, 0.05) is 18.7 Å². The van der Waals surface area contributed by atoms with Crippen LogP contribution < -0.4 is 16.0 Å². The molecule has 25 heavy (non-hydrogen) atoms. The van der Waals surface area contributed by atoms with Crippen molar-refractivity contribution < 1.29 is 14.0 Å². The highest BCUT2D eigenvalue weighted by Gasteiger charge is 2.19. The summed E-state index contributed by atoms with van der Waals surface area (Å²) in [4.78, 5) is 26.0. The molecule has 0 unspecified atom stereocenters. The molecule has 0 atom stereocenters. The van der Waals surface area contributed by atoms with Crippen molar-refractivity contribution in [1.29, 1.82) is 0 Å². The van der Waals surface area contributed by atoms with Gasteiger partial charge in [0.15, 0.2) is 0 Å². The van der Waals surface area contributed by atoms with E-state index in [1.54, 1.807) is 36.4 Å². The molecule has 1 aliphatic rings. The standard InChI is InChI=1S/C19H20FN3O2/c20-15-6-2-1-5-13(15)12-18(24)22-16-11-14(19(21)25)7-8-17(16)23-9-3-4-10-23/h1-2,5-8,11H,3-4,9-10,12H2,(H2,21,25)(H,22,24). The summed E-state index contributed by atoms with van der Waals surface area (Å²) in [5.74, 6) is -1.31. The van der Waals surface area contributed by atoms with E-state index in [4.69, 9.17) is 5.73 Å². The quantitative estimate of drug-likeness (QED) is 0.878. The topological polar surface area (TPSA) is 75.4 Å². The molecule has 3 rings (SSSR count). The third-order valence-electron chi connectivity index (χ3n) is 4.31. The van der Waals surface area contributed by atoms with Gasteiger partial charge in [-0.1, -0.05) is 18.2 Å². The van der Waals surface area contributed by atoms with Gasteiger partial charge in [-0.15, -0.1) is 0 Å². The third kappa shape index (κ3) is 3.96. The number of hydrogen-bond donors (Lipinski definition) is 2. The van der Waals surface area contributed by atoms with Crippen LogP contribution in [0.4, 0.5) is 15.8 Å². The maximum absolute atomic E-state index is 13.7. The number of rotatable bonds is 5. The second kappa shape index (κ2) is 7.34. The lowest BCUT2D eigenvalue weighted by atomic mass is 10.1. The van der Waals surface area contributed by atoms with Gasteiger partial charge in [0.25, 0.3) is 0 Å². The van der Waals surface area contributed by atoms with E-state index >= 15 is 0 Å². The fraction of sp³-hybridized carbons (Fsp3) is 0.263. The predicted octanol–water partition coefficient (Wildman–Crippen LogP) is 2.71. The van der Waals surface area contributed by atoms with Crippen LogP contribution in [0.5, 0.6) is 0 Å². The summed E-state index contributed by atoms with van der Waals surface area (Å²) in [7, 11) is 0. The highest BCUT2D eigenvalue weighted by Crippen LogP contribution is 2.30. The number of anilines is 2. The van der Waals surface area contributed by atoms with Crippen LogP contribution in [0, 0.1) is 5.82 Å². The Morgan fingerprint density at radius 3 is 2.52 bits per heavy atom. The molecular formula is C19H20FN3O2. The second-order valence-corrected chi connectivity index (χ2v) is 6.11. The Labute approximate surface area is 145 Å². The summed E-state index contributed by atoms with van der Waals surface area (Å²) in [6.45, 7) is 1.79. The minimum atomic E-state index is -0.558. The van der Waals surface area contributed by atoms with Crippen molar-refractivity contribution in [2.24, 2.45) is 5.73 Å². The molecule has 0 saturated carbocycles. The van der Waals surface area contributed by atoms with Crippen LogP contribution >= 0.6 is 0 Å². The Hall–Kier alpha value is -2.89. The van der Waals surface area contributed by atoms with Crippen molar-refractivity contribution in [1.82, 2.24) is 0 Å². The van der Waals surface area contributed by atoms with Crippen LogP contribution in [-0.2, 0) is 11.2 Å². The molecule has 130 valence electrons. The first-order chi connectivity index (χ1) is 12.0. The first-order valence-corrected chi connectivity index (χ1v) is 8.26. The Bertz CT molecular complexity index is 801. The number of nitrogens with one attached hydrogen (secondary N) is 1. The molecule has 0 aromatic heterocycles. The molecule has 5 nitrogen and oxygen atoms in total. The average molecular weight is 341 g/mol. The maximum Gasteiger partial charge on any atom is 0.248 e. The van der Waals surface area contributed by atoms with Gasteiger partial charge in [-0.3, -0.25) is 9.59 Å². The molecule has 0 bridgehead atoms. The smallest absolute Gasteiger partial charge is 0.248 e. The maximum atomic E-state index is 13.7. The Kier molecular flexibility index (Phi) is 4.97. The zero-order valence-corrected chi connectivity index (χ0v) is 13.8. The van der Waals surface area contributed by atoms with Crippen molar-refractivity contribution in [2.45, 2.75) is 19.3 Å². The van der Waals surface area contributed by atoms with Crippen LogP contribution in [0.1, 0.15) is 28.8 Å². The molecule has 0 spiro atoms. The molecule has 1 saturated heterocycles. The van der Waals surface area contributed by atoms with E-state index in [-0.39, 0.29) is 12.3 Å². The van der Waals surface area contributed by atoms with E-state index in [9.17, 15) is 14.0 Å². The van der Waals surface area contributed by atoms with E-state index in [2.05, 4.69) is 10.2 Å². The van der Waals surface area contributed by atoms with Crippen molar-refractivity contribution in [2.75, 3.05) is 23.3 Å². The van der Waals surface area contributed by atoms with E-state index in [1.807, 2.05) is 0 Å². The molecule has 0 radical (unpaired) electrons. The number of halogens is 1. The van der Waals surface area contributed by atoms with E-state index < -0.39 is 11.7 Å². The third-order valence-corrected chi connectivity index (χ3v) is 4.31. The zero-order valence-electron chi connectivity index (χ0n) is 13.8. The minimum Gasteiger partial charge on any atom is -0.370 e. The van der Waals surface area contributed by atoms with Crippen LogP contribution in [0.25, 0.3) is 0 Å². The van der Waals surface area contributed by atoms with Crippen LogP contribution in [0.3, 0.4) is 0 Å². The number of carbonyl (C=O) groups excluding carboxylic acids is 2. The van der Waals surface area contributed by atoms with Gasteiger partial charge >= 0.3 is 0 Å². The highest BCUT2D eigenvalue weighted by molar-refractivity contribution is 5.99. The number of nitrogens with zero attached hydrogens (tertiary/aromatic N) is 1. The fourth-order valence-electron chi connectivity index (χ4n) is 3.03. The summed E-state index contributed by atoms with van der Waals surface area (Å²) < 4.78 is 13.7. The molecule has 0 aliphatic carbocycles. The van der Waals surface area contributed by atoms with Gasteiger partial charge in [0.1, 0.15) is 5.82 Å². The lowest BCUT2D eigenvalue weighted by Gasteiger charge is -2.22. The predicted molar refractivity (Wildman–Crippen MR) is 95.1 cm³/mol. The van der Waals surface area contributed by atoms with Crippen LogP contribution in [0.2, 0.25) is 0 Å². The molecule has 1 heterocycles. The van der Waals surface area contributed by atoms with Gasteiger partial charge in [0.2, 0.25) is 11.8 Å². The summed E-state index contributed by atoms with van der Waals surface area (Å²) in [5.41, 5.74) is 7.38.